The topological polar surface area (TPSA) is 120 Å². The van der Waals surface area contributed by atoms with E-state index in [4.69, 9.17) is 9.84 Å². The first-order valence-corrected chi connectivity index (χ1v) is 15.0. The van der Waals surface area contributed by atoms with Gasteiger partial charge in [-0.3, -0.25) is 9.59 Å². The minimum absolute atomic E-state index is 0.00839. The van der Waals surface area contributed by atoms with E-state index in [0.717, 1.165) is 37.1 Å². The predicted octanol–water partition coefficient (Wildman–Crippen LogP) is 4.41. The number of carbonyl (C=O) groups excluding carboxylic acids is 2. The van der Waals surface area contributed by atoms with E-state index in [1.807, 2.05) is 6.08 Å². The van der Waals surface area contributed by atoms with Gasteiger partial charge in [0.2, 0.25) is 11.8 Å². The fourth-order valence-electron chi connectivity index (χ4n) is 5.30. The minimum atomic E-state index is -0.992. The largest absolute Gasteiger partial charge is 0.478 e. The lowest BCUT2D eigenvalue weighted by Gasteiger charge is -2.39. The van der Waals surface area contributed by atoms with E-state index in [2.05, 4.69) is 72.8 Å². The van der Waals surface area contributed by atoms with Gasteiger partial charge >= 0.3 is 5.97 Å². The molecule has 0 unspecified atom stereocenters. The van der Waals surface area contributed by atoms with Gasteiger partial charge in [0, 0.05) is 50.4 Å². The van der Waals surface area contributed by atoms with Gasteiger partial charge in [0.25, 0.3) is 0 Å². The first-order valence-electron chi connectivity index (χ1n) is 15.0. The molecule has 0 spiro atoms. The fourth-order valence-corrected chi connectivity index (χ4v) is 5.30. The molecule has 1 aliphatic carbocycles. The Morgan fingerprint density at radius 3 is 2.07 bits per heavy atom. The van der Waals surface area contributed by atoms with E-state index in [9.17, 15) is 14.4 Å². The van der Waals surface area contributed by atoms with Crippen LogP contribution in [0.1, 0.15) is 75.4 Å². The Morgan fingerprint density at radius 2 is 1.52 bits per heavy atom. The molecule has 9 heteroatoms. The highest BCUT2D eigenvalue weighted by molar-refractivity contribution is 5.94. The Morgan fingerprint density at radius 1 is 0.929 bits per heavy atom. The van der Waals surface area contributed by atoms with Gasteiger partial charge in [-0.25, -0.2) is 4.79 Å². The number of carboxylic acids is 1. The van der Waals surface area contributed by atoms with Crippen LogP contribution in [0.15, 0.2) is 60.2 Å². The highest BCUT2D eigenvalue weighted by atomic mass is 16.5. The summed E-state index contributed by atoms with van der Waals surface area (Å²) in [5.74, 6) is -1.36. The SMILES string of the molecule is CCC(CC)O[C@@H]1C=C(C(=O)NCc2ccc(C(=O)O)cc2)C[C@H](NCc2ccc(N(CC)CC)cc2)[C@H]1NC(C)=O. The average Bonchev–Trinajstić information content (AvgIpc) is 2.99. The summed E-state index contributed by atoms with van der Waals surface area (Å²) >= 11 is 0. The molecular weight excluding hydrogens is 532 g/mol. The van der Waals surface area contributed by atoms with E-state index in [1.54, 1.807) is 12.1 Å². The van der Waals surface area contributed by atoms with Crippen LogP contribution in [-0.4, -0.2) is 60.3 Å². The van der Waals surface area contributed by atoms with Gasteiger partial charge in [-0.15, -0.1) is 0 Å². The number of nitrogens with zero attached hydrogens (tertiary/aromatic N) is 1. The molecule has 2 aromatic rings. The molecule has 1 aliphatic rings. The van der Waals surface area contributed by atoms with Crippen molar-refractivity contribution in [2.45, 2.75) is 91.3 Å². The van der Waals surface area contributed by atoms with Crippen LogP contribution in [0.5, 0.6) is 0 Å². The molecule has 3 rings (SSSR count). The van der Waals surface area contributed by atoms with Crippen LogP contribution in [-0.2, 0) is 27.4 Å². The molecule has 9 nitrogen and oxygen atoms in total. The Kier molecular flexibility index (Phi) is 12.6. The molecule has 0 fully saturated rings. The van der Waals surface area contributed by atoms with Crippen LogP contribution in [0.3, 0.4) is 0 Å². The summed E-state index contributed by atoms with van der Waals surface area (Å²) in [6.07, 6.45) is 3.40. The molecule has 3 atom stereocenters. The van der Waals surface area contributed by atoms with Crippen molar-refractivity contribution in [3.63, 3.8) is 0 Å². The molecule has 0 saturated carbocycles. The Bertz CT molecular complexity index is 1200. The van der Waals surface area contributed by atoms with Gasteiger partial charge in [0.15, 0.2) is 0 Å². The van der Waals surface area contributed by atoms with Crippen molar-refractivity contribution in [3.8, 4) is 0 Å². The maximum absolute atomic E-state index is 13.4. The fraction of sp³-hybridized carbons (Fsp3) is 0.485. The standard InChI is InChI=1S/C33H46N4O5/c1-6-28(7-2)42-30-19-26(32(39)35-21-23-10-14-25(15-11-23)33(40)41)18-29(31(30)36-22(5)38)34-20-24-12-16-27(17-13-24)37(8-3)9-4/h10-17,19,28-31,34H,6-9,18,20-21H2,1-5H3,(H,35,39)(H,36,38)(H,40,41)/t29-,30+,31+/m0/s1. The average molecular weight is 579 g/mol. The lowest BCUT2D eigenvalue weighted by Crippen LogP contribution is -2.58. The quantitative estimate of drug-likeness (QED) is 0.247. The van der Waals surface area contributed by atoms with Crippen LogP contribution in [0.25, 0.3) is 0 Å². The van der Waals surface area contributed by atoms with Crippen molar-refractivity contribution in [2.75, 3.05) is 18.0 Å². The second-order valence-electron chi connectivity index (χ2n) is 10.7. The third-order valence-corrected chi connectivity index (χ3v) is 7.80. The molecule has 0 saturated heterocycles. The van der Waals surface area contributed by atoms with Crippen molar-refractivity contribution in [1.82, 2.24) is 16.0 Å². The lowest BCUT2D eigenvalue weighted by atomic mass is 9.86. The summed E-state index contributed by atoms with van der Waals surface area (Å²) in [6, 6.07) is 14.3. The zero-order valence-electron chi connectivity index (χ0n) is 25.5. The molecule has 2 amide bonds. The highest BCUT2D eigenvalue weighted by Gasteiger charge is 2.37. The normalized spacial score (nSPS) is 18.3. The summed E-state index contributed by atoms with van der Waals surface area (Å²) in [4.78, 5) is 39.1. The minimum Gasteiger partial charge on any atom is -0.478 e. The molecule has 0 heterocycles. The van der Waals surface area contributed by atoms with Crippen molar-refractivity contribution in [3.05, 3.63) is 76.9 Å². The van der Waals surface area contributed by atoms with E-state index < -0.39 is 12.1 Å². The zero-order chi connectivity index (χ0) is 30.6. The van der Waals surface area contributed by atoms with Crippen molar-refractivity contribution in [1.29, 1.82) is 0 Å². The van der Waals surface area contributed by atoms with E-state index in [-0.39, 0.29) is 42.1 Å². The van der Waals surface area contributed by atoms with Gasteiger partial charge in [0.05, 0.1) is 23.8 Å². The Hall–Kier alpha value is -3.69. The van der Waals surface area contributed by atoms with Crippen LogP contribution in [0.4, 0.5) is 5.69 Å². The molecule has 0 bridgehead atoms. The summed E-state index contributed by atoms with van der Waals surface area (Å²) in [5, 5.41) is 18.8. The maximum Gasteiger partial charge on any atom is 0.335 e. The van der Waals surface area contributed by atoms with Crippen molar-refractivity contribution < 1.29 is 24.2 Å². The third kappa shape index (κ3) is 9.16. The molecule has 0 aromatic heterocycles. The molecule has 0 radical (unpaired) electrons. The second kappa shape index (κ2) is 16.1. The number of nitrogens with one attached hydrogen (secondary N) is 3. The molecule has 4 N–H and O–H groups in total. The van der Waals surface area contributed by atoms with Gasteiger partial charge in [0.1, 0.15) is 0 Å². The van der Waals surface area contributed by atoms with Crippen LogP contribution < -0.4 is 20.9 Å². The smallest absolute Gasteiger partial charge is 0.335 e. The highest BCUT2D eigenvalue weighted by Crippen LogP contribution is 2.25. The molecular formula is C33H46N4O5. The summed E-state index contributed by atoms with van der Waals surface area (Å²) in [5.41, 5.74) is 3.87. The van der Waals surface area contributed by atoms with E-state index >= 15 is 0 Å². The summed E-state index contributed by atoms with van der Waals surface area (Å²) in [6.45, 7) is 12.6. The molecule has 228 valence electrons. The van der Waals surface area contributed by atoms with Crippen LogP contribution in [0, 0.1) is 0 Å². The Balaban J connectivity index is 1.80. The van der Waals surface area contributed by atoms with Gasteiger partial charge in [-0.05, 0) is 74.6 Å². The first-order chi connectivity index (χ1) is 20.2. The first kappa shape index (κ1) is 32.8. The number of amides is 2. The number of hydrogen-bond acceptors (Lipinski definition) is 6. The number of benzene rings is 2. The summed E-state index contributed by atoms with van der Waals surface area (Å²) < 4.78 is 6.46. The molecule has 42 heavy (non-hydrogen) atoms. The Labute approximate surface area is 249 Å². The van der Waals surface area contributed by atoms with Gasteiger partial charge < -0.3 is 30.7 Å². The van der Waals surface area contributed by atoms with Crippen LogP contribution in [0.2, 0.25) is 0 Å². The van der Waals surface area contributed by atoms with Gasteiger partial charge in [-0.2, -0.15) is 0 Å². The monoisotopic (exact) mass is 578 g/mol. The number of anilines is 1. The number of aromatic carboxylic acids is 1. The second-order valence-corrected chi connectivity index (χ2v) is 10.7. The number of rotatable bonds is 15. The predicted molar refractivity (Wildman–Crippen MR) is 165 cm³/mol. The number of hydrogen-bond donors (Lipinski definition) is 4. The molecule has 2 aromatic carbocycles. The van der Waals surface area contributed by atoms with Crippen molar-refractivity contribution in [2.24, 2.45) is 0 Å². The third-order valence-electron chi connectivity index (χ3n) is 7.80. The maximum atomic E-state index is 13.4. The number of carbonyl (C=O) groups is 3. The number of carboxylic acid groups (broad SMARTS) is 1. The van der Waals surface area contributed by atoms with Crippen LogP contribution >= 0.6 is 0 Å². The van der Waals surface area contributed by atoms with E-state index in [1.165, 1.54) is 24.7 Å². The van der Waals surface area contributed by atoms with Crippen molar-refractivity contribution >= 4 is 23.5 Å². The van der Waals surface area contributed by atoms with E-state index in [0.29, 0.717) is 18.5 Å². The number of ether oxygens (including phenoxy) is 1. The summed E-state index contributed by atoms with van der Waals surface area (Å²) in [7, 11) is 0. The van der Waals surface area contributed by atoms with Gasteiger partial charge in [-0.1, -0.05) is 38.1 Å². The zero-order valence-corrected chi connectivity index (χ0v) is 25.5. The lowest BCUT2D eigenvalue weighted by molar-refractivity contribution is -0.121. The molecule has 0 aliphatic heterocycles.